The van der Waals surface area contributed by atoms with Crippen LogP contribution in [-0.2, 0) is 0 Å². The molecule has 0 saturated carbocycles. The molecule has 2 heterocycles. The molecule has 0 spiro atoms. The number of rotatable bonds is 0. The molecule has 0 radical (unpaired) electrons. The highest BCUT2D eigenvalue weighted by molar-refractivity contribution is 5.85. The average molecular weight is 204 g/mol. The molecular weight excluding hydrogens is 182 g/mol. The van der Waals surface area contributed by atoms with Crippen LogP contribution in [0.4, 0.5) is 0 Å². The van der Waals surface area contributed by atoms with Crippen LogP contribution in [0.3, 0.4) is 0 Å². The number of nitrogens with zero attached hydrogens (tertiary/aromatic N) is 1. The summed E-state index contributed by atoms with van der Waals surface area (Å²) >= 11 is 0. The van der Waals surface area contributed by atoms with Crippen LogP contribution in [0.1, 0.15) is 46.0 Å². The van der Waals surface area contributed by atoms with Crippen LogP contribution < -0.4 is 0 Å². The Morgan fingerprint density at radius 2 is 1.85 bits per heavy atom. The Balaban J connectivity index is 0.000000845. The highest BCUT2D eigenvalue weighted by atomic mass is 35.5. The second-order valence-electron chi connectivity index (χ2n) is 4.81. The van der Waals surface area contributed by atoms with E-state index in [0.717, 1.165) is 18.0 Å². The van der Waals surface area contributed by atoms with Crippen molar-refractivity contribution in [2.75, 3.05) is 6.54 Å². The van der Waals surface area contributed by atoms with E-state index in [0.29, 0.717) is 0 Å². The summed E-state index contributed by atoms with van der Waals surface area (Å²) in [5, 5.41) is 0. The first-order valence-corrected chi connectivity index (χ1v) is 5.53. The van der Waals surface area contributed by atoms with Crippen molar-refractivity contribution in [3.8, 4) is 0 Å². The van der Waals surface area contributed by atoms with E-state index >= 15 is 0 Å². The predicted molar refractivity (Wildman–Crippen MR) is 59.5 cm³/mol. The molecular formula is C11H22ClN. The minimum Gasteiger partial charge on any atom is -0.298 e. The van der Waals surface area contributed by atoms with Crippen molar-refractivity contribution in [3.63, 3.8) is 0 Å². The van der Waals surface area contributed by atoms with Crippen molar-refractivity contribution in [2.24, 2.45) is 5.92 Å². The third kappa shape index (κ3) is 2.38. The molecule has 2 aliphatic rings. The summed E-state index contributed by atoms with van der Waals surface area (Å²) in [5.41, 5.74) is 0. The minimum atomic E-state index is 0. The summed E-state index contributed by atoms with van der Waals surface area (Å²) in [5.74, 6) is 0.972. The summed E-state index contributed by atoms with van der Waals surface area (Å²) in [6.07, 6.45) is 7.27. The van der Waals surface area contributed by atoms with Gasteiger partial charge in [-0.1, -0.05) is 13.3 Å². The van der Waals surface area contributed by atoms with Gasteiger partial charge >= 0.3 is 0 Å². The first kappa shape index (κ1) is 11.3. The van der Waals surface area contributed by atoms with Crippen LogP contribution >= 0.6 is 12.4 Å². The summed E-state index contributed by atoms with van der Waals surface area (Å²) in [4.78, 5) is 2.75. The topological polar surface area (TPSA) is 3.24 Å². The van der Waals surface area contributed by atoms with Crippen molar-refractivity contribution in [1.82, 2.24) is 4.90 Å². The molecule has 0 aliphatic carbocycles. The lowest BCUT2D eigenvalue weighted by Crippen LogP contribution is -2.49. The van der Waals surface area contributed by atoms with Gasteiger partial charge in [-0.2, -0.15) is 0 Å². The lowest BCUT2D eigenvalue weighted by molar-refractivity contribution is 0.0382. The van der Waals surface area contributed by atoms with Gasteiger partial charge in [0, 0.05) is 12.1 Å². The van der Waals surface area contributed by atoms with Crippen molar-refractivity contribution >= 4 is 12.4 Å². The largest absolute Gasteiger partial charge is 0.298 e. The number of hydrogen-bond donors (Lipinski definition) is 0. The van der Waals surface area contributed by atoms with E-state index in [2.05, 4.69) is 18.7 Å². The quantitative estimate of drug-likeness (QED) is 0.585. The summed E-state index contributed by atoms with van der Waals surface area (Å²) in [7, 11) is 0. The molecule has 2 saturated heterocycles. The maximum atomic E-state index is 2.75. The van der Waals surface area contributed by atoms with Crippen molar-refractivity contribution in [3.05, 3.63) is 0 Å². The third-order valence-electron chi connectivity index (χ3n) is 3.66. The number of halogens is 1. The fourth-order valence-electron chi connectivity index (χ4n) is 3.13. The van der Waals surface area contributed by atoms with Gasteiger partial charge in [-0.25, -0.2) is 0 Å². The first-order valence-electron chi connectivity index (χ1n) is 5.53. The Morgan fingerprint density at radius 3 is 2.62 bits per heavy atom. The molecule has 0 amide bonds. The Kier molecular flexibility index (Phi) is 4.06. The number of hydrogen-bond acceptors (Lipinski definition) is 1. The van der Waals surface area contributed by atoms with Crippen LogP contribution in [0.5, 0.6) is 0 Å². The third-order valence-corrected chi connectivity index (χ3v) is 3.66. The standard InChI is InChI=1S/C11H21N.ClH/c1-9-7-10(2)12-6-4-3-5-11(12)8-9;/h9-11H,3-8H2,1-2H3;1H/t9-,10+,11+;/m1./s1. The van der Waals surface area contributed by atoms with Gasteiger partial charge in [-0.15, -0.1) is 12.4 Å². The molecule has 0 bridgehead atoms. The van der Waals surface area contributed by atoms with E-state index in [1.54, 1.807) is 0 Å². The Hall–Kier alpha value is 0.250. The van der Waals surface area contributed by atoms with Gasteiger partial charge in [-0.3, -0.25) is 4.90 Å². The van der Waals surface area contributed by atoms with Crippen molar-refractivity contribution in [2.45, 2.75) is 58.0 Å². The van der Waals surface area contributed by atoms with Gasteiger partial charge in [0.15, 0.2) is 0 Å². The second-order valence-corrected chi connectivity index (χ2v) is 4.81. The van der Waals surface area contributed by atoms with E-state index in [1.165, 1.54) is 38.6 Å². The maximum Gasteiger partial charge on any atom is 0.0101 e. The molecule has 2 rings (SSSR count). The molecule has 0 aromatic rings. The fourth-order valence-corrected chi connectivity index (χ4v) is 3.13. The molecule has 0 unspecified atom stereocenters. The molecule has 0 aromatic carbocycles. The Morgan fingerprint density at radius 1 is 1.08 bits per heavy atom. The van der Waals surface area contributed by atoms with E-state index in [4.69, 9.17) is 0 Å². The monoisotopic (exact) mass is 203 g/mol. The molecule has 3 atom stereocenters. The lowest BCUT2D eigenvalue weighted by atomic mass is 9.83. The molecule has 1 nitrogen and oxygen atoms in total. The van der Waals surface area contributed by atoms with Crippen LogP contribution in [0.25, 0.3) is 0 Å². The zero-order valence-electron chi connectivity index (χ0n) is 8.83. The van der Waals surface area contributed by atoms with Gasteiger partial charge < -0.3 is 0 Å². The summed E-state index contributed by atoms with van der Waals surface area (Å²) in [6.45, 7) is 6.20. The van der Waals surface area contributed by atoms with Gasteiger partial charge in [0.2, 0.25) is 0 Å². The molecule has 13 heavy (non-hydrogen) atoms. The number of fused-ring (bicyclic) bond motifs is 1. The normalized spacial score (nSPS) is 40.6. The van der Waals surface area contributed by atoms with Gasteiger partial charge in [-0.05, 0) is 45.1 Å². The van der Waals surface area contributed by atoms with Gasteiger partial charge in [0.1, 0.15) is 0 Å². The molecule has 2 fully saturated rings. The highest BCUT2D eigenvalue weighted by Gasteiger charge is 2.32. The zero-order valence-corrected chi connectivity index (χ0v) is 9.65. The van der Waals surface area contributed by atoms with Crippen molar-refractivity contribution in [1.29, 1.82) is 0 Å². The number of piperidine rings is 2. The molecule has 0 N–H and O–H groups in total. The van der Waals surface area contributed by atoms with Crippen LogP contribution in [0.2, 0.25) is 0 Å². The van der Waals surface area contributed by atoms with E-state index in [9.17, 15) is 0 Å². The molecule has 2 heteroatoms. The van der Waals surface area contributed by atoms with E-state index in [1.807, 2.05) is 0 Å². The first-order chi connectivity index (χ1) is 5.77. The maximum absolute atomic E-state index is 2.75. The van der Waals surface area contributed by atoms with Gasteiger partial charge in [0.25, 0.3) is 0 Å². The highest BCUT2D eigenvalue weighted by Crippen LogP contribution is 2.32. The van der Waals surface area contributed by atoms with Crippen LogP contribution in [0, 0.1) is 5.92 Å². The Labute approximate surface area is 88.3 Å². The van der Waals surface area contributed by atoms with E-state index < -0.39 is 0 Å². The minimum absolute atomic E-state index is 0. The SMILES string of the molecule is C[C@H]1C[C@@H]2CCCCN2[C@@H](C)C1.Cl. The smallest absolute Gasteiger partial charge is 0.0101 e. The van der Waals surface area contributed by atoms with Crippen LogP contribution in [-0.4, -0.2) is 23.5 Å². The van der Waals surface area contributed by atoms with E-state index in [-0.39, 0.29) is 12.4 Å². The zero-order chi connectivity index (χ0) is 8.55. The predicted octanol–water partition coefficient (Wildman–Crippen LogP) is 3.08. The fraction of sp³-hybridized carbons (Fsp3) is 1.00. The lowest BCUT2D eigenvalue weighted by Gasteiger charge is -2.46. The molecule has 2 aliphatic heterocycles. The molecule has 78 valence electrons. The molecule has 0 aromatic heterocycles. The van der Waals surface area contributed by atoms with Gasteiger partial charge in [0.05, 0.1) is 0 Å². The second kappa shape index (κ2) is 4.65. The average Bonchev–Trinajstić information content (AvgIpc) is 2.04. The van der Waals surface area contributed by atoms with Crippen LogP contribution in [0.15, 0.2) is 0 Å². The Bertz CT molecular complexity index is 160. The van der Waals surface area contributed by atoms with Crippen molar-refractivity contribution < 1.29 is 0 Å². The summed E-state index contributed by atoms with van der Waals surface area (Å²) in [6, 6.07) is 1.80. The summed E-state index contributed by atoms with van der Waals surface area (Å²) < 4.78 is 0.